The molecular weight excluding hydrogens is 236 g/mol. The van der Waals surface area contributed by atoms with Gasteiger partial charge in [-0.2, -0.15) is 0 Å². The number of carbonyl (C=O) groups excluding carboxylic acids is 1. The van der Waals surface area contributed by atoms with E-state index in [-0.39, 0.29) is 5.91 Å². The summed E-state index contributed by atoms with van der Waals surface area (Å²) in [4.78, 5) is 18.5. The highest BCUT2D eigenvalue weighted by atomic mass is 16.2. The Morgan fingerprint density at radius 3 is 2.68 bits per heavy atom. The second-order valence-electron chi connectivity index (χ2n) is 4.97. The maximum Gasteiger partial charge on any atom is 0.255 e. The molecule has 96 valence electrons. The average Bonchev–Trinajstić information content (AvgIpc) is 2.43. The fraction of sp³-hybridized carbons (Fsp3) is 0.250. The fourth-order valence-electron chi connectivity index (χ4n) is 2.57. The van der Waals surface area contributed by atoms with Crippen molar-refractivity contribution in [1.82, 2.24) is 9.88 Å². The summed E-state index contributed by atoms with van der Waals surface area (Å²) >= 11 is 0. The molecule has 0 aliphatic carbocycles. The lowest BCUT2D eigenvalue weighted by Gasteiger charge is -2.26. The molecule has 0 radical (unpaired) electrons. The third-order valence-electron chi connectivity index (χ3n) is 3.63. The van der Waals surface area contributed by atoms with Gasteiger partial charge < -0.3 is 4.90 Å². The first-order chi connectivity index (χ1) is 9.16. The van der Waals surface area contributed by atoms with E-state index in [0.717, 1.165) is 41.0 Å². The molecule has 0 unspecified atom stereocenters. The highest BCUT2D eigenvalue weighted by Gasteiger charge is 2.24. The van der Waals surface area contributed by atoms with Gasteiger partial charge in [-0.3, -0.25) is 9.78 Å². The first kappa shape index (κ1) is 11.9. The molecule has 2 aromatic rings. The SMILES string of the molecule is Cc1nc(-c2ccccc2)cc2c1C(=O)N(C)CC2. The summed E-state index contributed by atoms with van der Waals surface area (Å²) in [6.45, 7) is 2.70. The molecule has 1 aromatic heterocycles. The lowest BCUT2D eigenvalue weighted by molar-refractivity contribution is 0.0779. The van der Waals surface area contributed by atoms with Gasteiger partial charge in [0.25, 0.3) is 5.91 Å². The number of aromatic nitrogens is 1. The van der Waals surface area contributed by atoms with Crippen LogP contribution in [0.5, 0.6) is 0 Å². The summed E-state index contributed by atoms with van der Waals surface area (Å²) in [5.74, 6) is 0.0888. The predicted molar refractivity (Wildman–Crippen MR) is 75.1 cm³/mol. The van der Waals surface area contributed by atoms with E-state index in [4.69, 9.17) is 0 Å². The zero-order chi connectivity index (χ0) is 13.4. The summed E-state index contributed by atoms with van der Waals surface area (Å²) in [5, 5.41) is 0. The van der Waals surface area contributed by atoms with E-state index < -0.39 is 0 Å². The van der Waals surface area contributed by atoms with Crippen LogP contribution >= 0.6 is 0 Å². The molecule has 3 heteroatoms. The molecule has 1 aliphatic rings. The van der Waals surface area contributed by atoms with Gasteiger partial charge in [0.2, 0.25) is 0 Å². The van der Waals surface area contributed by atoms with Gasteiger partial charge in [-0.05, 0) is 25.0 Å². The van der Waals surface area contributed by atoms with Crippen molar-refractivity contribution in [2.45, 2.75) is 13.3 Å². The molecule has 0 bridgehead atoms. The van der Waals surface area contributed by atoms with Gasteiger partial charge in [-0.15, -0.1) is 0 Å². The molecule has 19 heavy (non-hydrogen) atoms. The summed E-state index contributed by atoms with van der Waals surface area (Å²) in [6.07, 6.45) is 0.904. The van der Waals surface area contributed by atoms with Crippen LogP contribution in [0.3, 0.4) is 0 Å². The molecule has 1 aliphatic heterocycles. The van der Waals surface area contributed by atoms with Gasteiger partial charge in [0.1, 0.15) is 0 Å². The van der Waals surface area contributed by atoms with Gasteiger partial charge in [-0.25, -0.2) is 0 Å². The zero-order valence-corrected chi connectivity index (χ0v) is 11.2. The van der Waals surface area contributed by atoms with Gasteiger partial charge in [0.15, 0.2) is 0 Å². The van der Waals surface area contributed by atoms with E-state index in [0.29, 0.717) is 0 Å². The number of amides is 1. The fourth-order valence-corrected chi connectivity index (χ4v) is 2.57. The molecule has 3 rings (SSSR count). The summed E-state index contributed by atoms with van der Waals surface area (Å²) in [6, 6.07) is 12.2. The molecule has 0 atom stereocenters. The average molecular weight is 252 g/mol. The van der Waals surface area contributed by atoms with E-state index in [1.54, 1.807) is 4.90 Å². The van der Waals surface area contributed by atoms with Crippen LogP contribution in [0.1, 0.15) is 21.6 Å². The van der Waals surface area contributed by atoms with E-state index in [2.05, 4.69) is 11.1 Å². The summed E-state index contributed by atoms with van der Waals surface area (Å²) < 4.78 is 0. The lowest BCUT2D eigenvalue weighted by Crippen LogP contribution is -2.35. The number of fused-ring (bicyclic) bond motifs is 1. The van der Waals surface area contributed by atoms with E-state index in [1.807, 2.05) is 44.3 Å². The van der Waals surface area contributed by atoms with Crippen LogP contribution in [-0.2, 0) is 6.42 Å². The Hall–Kier alpha value is -2.16. The Bertz CT molecular complexity index is 635. The Morgan fingerprint density at radius 1 is 1.21 bits per heavy atom. The van der Waals surface area contributed by atoms with Crippen LogP contribution in [0.15, 0.2) is 36.4 Å². The zero-order valence-electron chi connectivity index (χ0n) is 11.2. The predicted octanol–water partition coefficient (Wildman–Crippen LogP) is 2.69. The number of aryl methyl sites for hydroxylation is 1. The van der Waals surface area contributed by atoms with Crippen molar-refractivity contribution < 1.29 is 4.79 Å². The Morgan fingerprint density at radius 2 is 1.95 bits per heavy atom. The van der Waals surface area contributed by atoms with Crippen LogP contribution in [0.4, 0.5) is 0 Å². The number of nitrogens with zero attached hydrogens (tertiary/aromatic N) is 2. The van der Waals surface area contributed by atoms with Crippen molar-refractivity contribution in [1.29, 1.82) is 0 Å². The second kappa shape index (κ2) is 4.50. The minimum Gasteiger partial charge on any atom is -0.341 e. The van der Waals surface area contributed by atoms with Crippen LogP contribution in [0.25, 0.3) is 11.3 Å². The Kier molecular flexibility index (Phi) is 2.82. The molecule has 1 amide bonds. The smallest absolute Gasteiger partial charge is 0.255 e. The number of pyridine rings is 1. The molecule has 1 aromatic carbocycles. The Balaban J connectivity index is 2.13. The van der Waals surface area contributed by atoms with E-state index in [1.165, 1.54) is 0 Å². The highest BCUT2D eigenvalue weighted by Crippen LogP contribution is 2.26. The summed E-state index contributed by atoms with van der Waals surface area (Å²) in [7, 11) is 1.84. The van der Waals surface area contributed by atoms with Gasteiger partial charge >= 0.3 is 0 Å². The summed E-state index contributed by atoms with van der Waals surface area (Å²) in [5.41, 5.74) is 4.78. The number of hydrogen-bond acceptors (Lipinski definition) is 2. The van der Waals surface area contributed by atoms with E-state index >= 15 is 0 Å². The van der Waals surface area contributed by atoms with E-state index in [9.17, 15) is 4.79 Å². The Labute approximate surface area is 112 Å². The van der Waals surface area contributed by atoms with Crippen LogP contribution < -0.4 is 0 Å². The van der Waals surface area contributed by atoms with Gasteiger partial charge in [0, 0.05) is 19.2 Å². The van der Waals surface area contributed by atoms with Crippen molar-refractivity contribution in [3.63, 3.8) is 0 Å². The first-order valence-electron chi connectivity index (χ1n) is 6.48. The second-order valence-corrected chi connectivity index (χ2v) is 4.97. The van der Waals surface area contributed by atoms with Crippen molar-refractivity contribution in [3.05, 3.63) is 53.2 Å². The number of hydrogen-bond donors (Lipinski definition) is 0. The lowest BCUT2D eigenvalue weighted by atomic mass is 9.96. The molecule has 0 saturated heterocycles. The molecular formula is C16H16N2O. The molecule has 0 fully saturated rings. The molecule has 0 saturated carbocycles. The standard InChI is InChI=1S/C16H16N2O/c1-11-15-13(8-9-18(2)16(15)19)10-14(17-11)12-6-4-3-5-7-12/h3-7,10H,8-9H2,1-2H3. The maximum atomic E-state index is 12.2. The topological polar surface area (TPSA) is 33.2 Å². The normalized spacial score (nSPS) is 14.4. The van der Waals surface area contributed by atoms with Crippen LogP contribution in [0, 0.1) is 6.92 Å². The van der Waals surface area contributed by atoms with Crippen molar-refractivity contribution in [3.8, 4) is 11.3 Å². The molecule has 0 spiro atoms. The third kappa shape index (κ3) is 2.01. The van der Waals surface area contributed by atoms with Crippen LogP contribution in [0.2, 0.25) is 0 Å². The third-order valence-corrected chi connectivity index (χ3v) is 3.63. The minimum absolute atomic E-state index is 0.0888. The molecule has 2 heterocycles. The van der Waals surface area contributed by atoms with Gasteiger partial charge in [0.05, 0.1) is 17.0 Å². The maximum absolute atomic E-state index is 12.2. The monoisotopic (exact) mass is 252 g/mol. The van der Waals surface area contributed by atoms with Crippen LogP contribution in [-0.4, -0.2) is 29.4 Å². The molecule has 0 N–H and O–H groups in total. The van der Waals surface area contributed by atoms with Crippen molar-refractivity contribution in [2.75, 3.05) is 13.6 Å². The van der Waals surface area contributed by atoms with Crippen molar-refractivity contribution >= 4 is 5.91 Å². The minimum atomic E-state index is 0.0888. The number of benzene rings is 1. The largest absolute Gasteiger partial charge is 0.341 e. The number of likely N-dealkylation sites (N-methyl/N-ethyl adjacent to an activating group) is 1. The van der Waals surface area contributed by atoms with Crippen molar-refractivity contribution in [2.24, 2.45) is 0 Å². The first-order valence-corrected chi connectivity index (χ1v) is 6.48. The quantitative estimate of drug-likeness (QED) is 0.781. The molecule has 3 nitrogen and oxygen atoms in total. The number of rotatable bonds is 1. The number of carbonyl (C=O) groups is 1. The van der Waals surface area contributed by atoms with Gasteiger partial charge in [-0.1, -0.05) is 30.3 Å². The highest BCUT2D eigenvalue weighted by molar-refractivity contribution is 5.98.